The molecule has 0 fully saturated rings. The number of benzene rings is 1. The van der Waals surface area contributed by atoms with Gasteiger partial charge in [0.2, 0.25) is 5.91 Å². The maximum absolute atomic E-state index is 11.1. The number of hydrogen-bond acceptors (Lipinski definition) is 4. The third-order valence-corrected chi connectivity index (χ3v) is 4.51. The second kappa shape index (κ2) is 4.65. The van der Waals surface area contributed by atoms with E-state index in [0.29, 0.717) is 21.3 Å². The first kappa shape index (κ1) is 12.0. The van der Waals surface area contributed by atoms with E-state index in [0.717, 1.165) is 0 Å². The molecule has 1 aromatic carbocycles. The molecule has 0 aliphatic rings. The van der Waals surface area contributed by atoms with Crippen LogP contribution in [-0.2, 0) is 9.06 Å². The molecule has 1 rings (SSSR count). The molecule has 0 saturated heterocycles. The molecule has 5 nitrogen and oxygen atoms in total. The minimum atomic E-state index is -3.36. The van der Waals surface area contributed by atoms with Crippen molar-refractivity contribution in [1.82, 2.24) is 4.72 Å². The van der Waals surface area contributed by atoms with E-state index in [9.17, 15) is 13.2 Å². The quantitative estimate of drug-likeness (QED) is 0.750. The summed E-state index contributed by atoms with van der Waals surface area (Å²) in [6.07, 6.45) is 0. The van der Waals surface area contributed by atoms with Gasteiger partial charge in [0, 0.05) is 21.3 Å². The van der Waals surface area contributed by atoms with Crippen LogP contribution in [0.1, 0.15) is 10.4 Å². The number of amides is 1. The minimum absolute atomic E-state index is 0.348. The molecular formula is C8H10N2O3S2. The summed E-state index contributed by atoms with van der Waals surface area (Å²) in [6, 6.07) is 6.02. The van der Waals surface area contributed by atoms with E-state index in [1.165, 1.54) is 31.3 Å². The van der Waals surface area contributed by atoms with E-state index in [2.05, 4.69) is 4.72 Å². The van der Waals surface area contributed by atoms with Crippen molar-refractivity contribution in [2.24, 2.45) is 5.73 Å². The Kier molecular flexibility index (Phi) is 3.72. The van der Waals surface area contributed by atoms with Crippen LogP contribution in [0, 0.1) is 0 Å². The van der Waals surface area contributed by atoms with Crippen LogP contribution in [0.15, 0.2) is 29.2 Å². The highest BCUT2D eigenvalue weighted by atomic mass is 33.1. The first-order chi connectivity index (χ1) is 6.94. The SMILES string of the molecule is CNS(=O)(=O)Sc1ccc(C(N)=O)cc1. The van der Waals surface area contributed by atoms with Crippen molar-refractivity contribution in [3.63, 3.8) is 0 Å². The molecule has 0 atom stereocenters. The molecule has 3 N–H and O–H groups in total. The molecule has 0 aliphatic heterocycles. The van der Waals surface area contributed by atoms with Crippen molar-refractivity contribution < 1.29 is 13.2 Å². The normalized spacial score (nSPS) is 11.3. The van der Waals surface area contributed by atoms with Crippen molar-refractivity contribution in [2.45, 2.75) is 4.90 Å². The second-order valence-electron chi connectivity index (χ2n) is 2.63. The van der Waals surface area contributed by atoms with Gasteiger partial charge in [0.05, 0.1) is 0 Å². The molecule has 0 spiro atoms. The van der Waals surface area contributed by atoms with Gasteiger partial charge in [-0.2, -0.15) is 0 Å². The maximum Gasteiger partial charge on any atom is 0.269 e. The zero-order valence-corrected chi connectivity index (χ0v) is 9.56. The number of nitrogens with two attached hydrogens (primary N) is 1. The largest absolute Gasteiger partial charge is 0.366 e. The standard InChI is InChI=1S/C8H10N2O3S2/c1-10-15(12,13)14-7-4-2-6(3-5-7)8(9)11/h2-5,10H,1H3,(H2,9,11). The molecule has 0 aliphatic carbocycles. The number of primary amides is 1. The van der Waals surface area contributed by atoms with Crippen LogP contribution in [0.2, 0.25) is 0 Å². The predicted molar refractivity (Wildman–Crippen MR) is 58.8 cm³/mol. The van der Waals surface area contributed by atoms with Crippen molar-refractivity contribution in [3.05, 3.63) is 29.8 Å². The van der Waals surface area contributed by atoms with Gasteiger partial charge in [0.25, 0.3) is 9.06 Å². The Balaban J connectivity index is 2.86. The number of carbonyl (C=O) groups excluding carboxylic acids is 1. The number of nitrogens with one attached hydrogen (secondary N) is 1. The number of carbonyl (C=O) groups is 1. The summed E-state index contributed by atoms with van der Waals surface area (Å²) in [6.45, 7) is 0. The Morgan fingerprint density at radius 1 is 1.33 bits per heavy atom. The molecule has 15 heavy (non-hydrogen) atoms. The van der Waals surface area contributed by atoms with Gasteiger partial charge in [-0.05, 0) is 31.3 Å². The highest BCUT2D eigenvalue weighted by Crippen LogP contribution is 2.23. The third-order valence-electron chi connectivity index (χ3n) is 1.59. The van der Waals surface area contributed by atoms with Crippen LogP contribution < -0.4 is 10.5 Å². The molecule has 0 unspecified atom stereocenters. The average molecular weight is 246 g/mol. The molecule has 82 valence electrons. The summed E-state index contributed by atoms with van der Waals surface area (Å²) < 4.78 is 24.5. The lowest BCUT2D eigenvalue weighted by molar-refractivity contribution is 0.1000. The Bertz CT molecular complexity index is 453. The van der Waals surface area contributed by atoms with E-state index in [4.69, 9.17) is 5.73 Å². The van der Waals surface area contributed by atoms with Gasteiger partial charge in [0.15, 0.2) is 0 Å². The molecule has 1 aromatic rings. The van der Waals surface area contributed by atoms with Crippen LogP contribution in [0.3, 0.4) is 0 Å². The van der Waals surface area contributed by atoms with Crippen LogP contribution in [0.5, 0.6) is 0 Å². The Hall–Kier alpha value is -1.05. The maximum atomic E-state index is 11.1. The number of hydrogen-bond donors (Lipinski definition) is 2. The van der Waals surface area contributed by atoms with Crippen LogP contribution >= 0.6 is 10.8 Å². The Labute approximate surface area is 91.5 Å². The lowest BCUT2D eigenvalue weighted by Crippen LogP contribution is -2.13. The zero-order chi connectivity index (χ0) is 11.5. The minimum Gasteiger partial charge on any atom is -0.366 e. The predicted octanol–water partition coefficient (Wildman–Crippen LogP) is 0.342. The fraction of sp³-hybridized carbons (Fsp3) is 0.125. The van der Waals surface area contributed by atoms with Crippen molar-refractivity contribution in [1.29, 1.82) is 0 Å². The van der Waals surface area contributed by atoms with E-state index >= 15 is 0 Å². The molecule has 0 saturated carbocycles. The van der Waals surface area contributed by atoms with E-state index in [1.807, 2.05) is 0 Å². The molecular weight excluding hydrogens is 236 g/mol. The molecule has 1 amide bonds. The molecule has 7 heteroatoms. The fourth-order valence-corrected chi connectivity index (χ4v) is 2.77. The highest BCUT2D eigenvalue weighted by molar-refractivity contribution is 8.71. The summed E-state index contributed by atoms with van der Waals surface area (Å²) in [4.78, 5) is 11.3. The van der Waals surface area contributed by atoms with Crippen molar-refractivity contribution in [2.75, 3.05) is 7.05 Å². The van der Waals surface area contributed by atoms with Gasteiger partial charge in [-0.25, -0.2) is 13.1 Å². The van der Waals surface area contributed by atoms with Crippen molar-refractivity contribution >= 4 is 25.8 Å². The molecule has 0 bridgehead atoms. The fourth-order valence-electron chi connectivity index (χ4n) is 0.843. The first-order valence-corrected chi connectivity index (χ1v) is 6.79. The highest BCUT2D eigenvalue weighted by Gasteiger charge is 2.09. The van der Waals surface area contributed by atoms with Gasteiger partial charge in [-0.1, -0.05) is 0 Å². The van der Waals surface area contributed by atoms with Crippen LogP contribution in [0.25, 0.3) is 0 Å². The van der Waals surface area contributed by atoms with E-state index in [-0.39, 0.29) is 0 Å². The topological polar surface area (TPSA) is 89.3 Å². The smallest absolute Gasteiger partial charge is 0.269 e. The Morgan fingerprint density at radius 3 is 2.27 bits per heavy atom. The van der Waals surface area contributed by atoms with Crippen LogP contribution in [-0.4, -0.2) is 21.4 Å². The zero-order valence-electron chi connectivity index (χ0n) is 7.93. The molecule has 0 heterocycles. The number of rotatable bonds is 4. The van der Waals surface area contributed by atoms with Crippen LogP contribution in [0.4, 0.5) is 0 Å². The van der Waals surface area contributed by atoms with Gasteiger partial charge in [-0.3, -0.25) is 4.79 Å². The van der Waals surface area contributed by atoms with Gasteiger partial charge in [-0.15, -0.1) is 0 Å². The lowest BCUT2D eigenvalue weighted by Gasteiger charge is -2.01. The monoisotopic (exact) mass is 246 g/mol. The van der Waals surface area contributed by atoms with Gasteiger partial charge >= 0.3 is 0 Å². The summed E-state index contributed by atoms with van der Waals surface area (Å²) in [5, 5.41) is 0. The third kappa shape index (κ3) is 3.54. The van der Waals surface area contributed by atoms with Gasteiger partial charge in [0.1, 0.15) is 0 Å². The van der Waals surface area contributed by atoms with Gasteiger partial charge < -0.3 is 5.73 Å². The average Bonchev–Trinajstić information content (AvgIpc) is 2.18. The first-order valence-electron chi connectivity index (χ1n) is 3.97. The summed E-state index contributed by atoms with van der Waals surface area (Å²) in [5.41, 5.74) is 5.39. The van der Waals surface area contributed by atoms with E-state index in [1.54, 1.807) is 0 Å². The van der Waals surface area contributed by atoms with E-state index < -0.39 is 15.0 Å². The molecule has 0 radical (unpaired) electrons. The Morgan fingerprint density at radius 2 is 1.87 bits per heavy atom. The van der Waals surface area contributed by atoms with Crippen molar-refractivity contribution in [3.8, 4) is 0 Å². The second-order valence-corrected chi connectivity index (χ2v) is 6.40. The molecule has 0 aromatic heterocycles. The summed E-state index contributed by atoms with van der Waals surface area (Å²) in [5.74, 6) is -0.539. The lowest BCUT2D eigenvalue weighted by atomic mass is 10.2. The summed E-state index contributed by atoms with van der Waals surface area (Å²) >= 11 is 0. The summed E-state index contributed by atoms with van der Waals surface area (Å²) in [7, 11) is -1.35.